The number of aromatic nitrogens is 3. The SMILES string of the molecule is Cc1csc(-c2ccc3c(C(=O)CC4CC5CC4CN5C)n[nH]c3c2)n1.O=CO. The topological polar surface area (TPSA) is 99.2 Å². The number of H-pyrrole nitrogens is 1. The van der Waals surface area contributed by atoms with Crippen molar-refractivity contribution in [1.29, 1.82) is 0 Å². The first-order valence-electron chi connectivity index (χ1n) is 9.72. The van der Waals surface area contributed by atoms with Gasteiger partial charge in [-0.25, -0.2) is 4.98 Å². The second kappa shape index (κ2) is 8.04. The van der Waals surface area contributed by atoms with Gasteiger partial charge in [0.05, 0.1) is 5.52 Å². The van der Waals surface area contributed by atoms with E-state index in [2.05, 4.69) is 27.1 Å². The highest BCUT2D eigenvalue weighted by Crippen LogP contribution is 2.43. The van der Waals surface area contributed by atoms with Crippen LogP contribution in [0, 0.1) is 18.8 Å². The lowest BCUT2D eigenvalue weighted by molar-refractivity contribution is -0.122. The highest BCUT2D eigenvalue weighted by molar-refractivity contribution is 7.13. The molecule has 8 heteroatoms. The summed E-state index contributed by atoms with van der Waals surface area (Å²) < 4.78 is 0. The molecule has 1 aliphatic carbocycles. The van der Waals surface area contributed by atoms with Crippen molar-refractivity contribution in [1.82, 2.24) is 20.1 Å². The van der Waals surface area contributed by atoms with Gasteiger partial charge < -0.3 is 10.0 Å². The number of carboxylic acid groups (broad SMARTS) is 1. The Morgan fingerprint density at radius 3 is 2.83 bits per heavy atom. The number of ketones is 1. The number of nitrogens with zero attached hydrogens (tertiary/aromatic N) is 3. The maximum absolute atomic E-state index is 12.9. The third-order valence-electron chi connectivity index (χ3n) is 6.10. The van der Waals surface area contributed by atoms with Crippen LogP contribution in [0.25, 0.3) is 21.5 Å². The van der Waals surface area contributed by atoms with Crippen molar-refractivity contribution in [3.05, 3.63) is 35.0 Å². The van der Waals surface area contributed by atoms with E-state index >= 15 is 0 Å². The lowest BCUT2D eigenvalue weighted by Gasteiger charge is -2.27. The largest absolute Gasteiger partial charge is 0.483 e. The maximum atomic E-state index is 12.9. The zero-order valence-electron chi connectivity index (χ0n) is 16.5. The summed E-state index contributed by atoms with van der Waals surface area (Å²) in [6.45, 7) is 2.89. The summed E-state index contributed by atoms with van der Waals surface area (Å²) in [6.07, 6.45) is 3.04. The second-order valence-electron chi connectivity index (χ2n) is 7.94. The van der Waals surface area contributed by atoms with Crippen LogP contribution in [0.3, 0.4) is 0 Å². The zero-order valence-corrected chi connectivity index (χ0v) is 17.3. The molecular weight excluding hydrogens is 388 g/mol. The van der Waals surface area contributed by atoms with Crippen molar-refractivity contribution in [3.8, 4) is 10.6 Å². The lowest BCUT2D eigenvalue weighted by Crippen LogP contribution is -2.32. The number of carbonyl (C=O) groups excluding carboxylic acids is 1. The Hall–Kier alpha value is -2.58. The van der Waals surface area contributed by atoms with E-state index in [1.54, 1.807) is 11.3 Å². The highest BCUT2D eigenvalue weighted by atomic mass is 32.1. The number of Topliss-reactive ketones (excluding diaryl/α,β-unsaturated/α-hetero) is 1. The first-order chi connectivity index (χ1) is 14.0. The van der Waals surface area contributed by atoms with E-state index in [-0.39, 0.29) is 12.3 Å². The van der Waals surface area contributed by atoms with Crippen LogP contribution in [0.15, 0.2) is 23.6 Å². The molecule has 29 heavy (non-hydrogen) atoms. The van der Waals surface area contributed by atoms with E-state index in [1.165, 1.54) is 6.42 Å². The van der Waals surface area contributed by atoms with Gasteiger partial charge in [-0.2, -0.15) is 5.10 Å². The fraction of sp³-hybridized carbons (Fsp3) is 0.429. The van der Waals surface area contributed by atoms with E-state index in [0.717, 1.165) is 40.1 Å². The lowest BCUT2D eigenvalue weighted by atomic mass is 9.89. The highest BCUT2D eigenvalue weighted by Gasteiger charge is 2.43. The molecule has 152 valence electrons. The number of hydrogen-bond donors (Lipinski definition) is 2. The van der Waals surface area contributed by atoms with Crippen molar-refractivity contribution < 1.29 is 14.7 Å². The number of nitrogens with one attached hydrogen (secondary N) is 1. The molecule has 2 aliphatic rings. The molecule has 2 N–H and O–H groups in total. The summed E-state index contributed by atoms with van der Waals surface area (Å²) in [4.78, 5) is 28.2. The summed E-state index contributed by atoms with van der Waals surface area (Å²) >= 11 is 1.64. The van der Waals surface area contributed by atoms with Gasteiger partial charge in [0.1, 0.15) is 10.7 Å². The van der Waals surface area contributed by atoms with Crippen molar-refractivity contribution >= 4 is 34.5 Å². The molecule has 0 spiro atoms. The number of hydrogen-bond acceptors (Lipinski definition) is 6. The molecule has 2 aromatic heterocycles. The molecule has 7 nitrogen and oxygen atoms in total. The third kappa shape index (κ3) is 3.82. The smallest absolute Gasteiger partial charge is 0.290 e. The minimum Gasteiger partial charge on any atom is -0.483 e. The standard InChI is InChI=1S/C20H22N4OS.CH2O2/c1-11-10-26-20(21-11)12-3-4-16-17(7-12)22-23-19(16)18(25)8-13-5-15-6-14(13)9-24(15)2;2-1-3/h3-4,7,10,13-15H,5-6,8-9H2,1-2H3,(H,22,23);1H,(H,2,3). The van der Waals surface area contributed by atoms with Gasteiger partial charge in [-0.15, -0.1) is 11.3 Å². The third-order valence-corrected chi connectivity index (χ3v) is 7.11. The van der Waals surface area contributed by atoms with Crippen molar-refractivity contribution in [2.45, 2.75) is 32.2 Å². The van der Waals surface area contributed by atoms with Gasteiger partial charge in [-0.05, 0) is 50.8 Å². The fourth-order valence-electron chi connectivity index (χ4n) is 4.72. The number of rotatable bonds is 4. The van der Waals surface area contributed by atoms with E-state index in [4.69, 9.17) is 9.90 Å². The Bertz CT molecular complexity index is 1040. The molecular formula is C21H24N4O3S. The molecule has 3 unspecified atom stereocenters. The Labute approximate surface area is 172 Å². The average molecular weight is 413 g/mol. The van der Waals surface area contributed by atoms with Crippen molar-refractivity contribution in [3.63, 3.8) is 0 Å². The van der Waals surface area contributed by atoms with Crippen LogP contribution in [0.4, 0.5) is 0 Å². The molecule has 0 radical (unpaired) electrons. The summed E-state index contributed by atoms with van der Waals surface area (Å²) in [7, 11) is 2.20. The first kappa shape index (κ1) is 19.7. The van der Waals surface area contributed by atoms with Crippen LogP contribution in [0.5, 0.6) is 0 Å². The molecule has 0 amide bonds. The normalized spacial score (nSPS) is 23.2. The summed E-state index contributed by atoms with van der Waals surface area (Å²) in [6, 6.07) is 6.77. The van der Waals surface area contributed by atoms with Crippen molar-refractivity contribution in [2.24, 2.45) is 11.8 Å². The van der Waals surface area contributed by atoms with E-state index in [0.29, 0.717) is 30.0 Å². The van der Waals surface area contributed by atoms with Gasteiger partial charge in [-0.1, -0.05) is 6.07 Å². The summed E-state index contributed by atoms with van der Waals surface area (Å²) in [5.74, 6) is 1.38. The van der Waals surface area contributed by atoms with E-state index in [9.17, 15) is 4.79 Å². The zero-order chi connectivity index (χ0) is 20.5. The number of benzene rings is 1. The van der Waals surface area contributed by atoms with Gasteiger partial charge in [0.15, 0.2) is 5.78 Å². The first-order valence-corrected chi connectivity index (χ1v) is 10.6. The van der Waals surface area contributed by atoms with E-state index < -0.39 is 0 Å². The van der Waals surface area contributed by atoms with Crippen LogP contribution in [-0.2, 0) is 4.79 Å². The number of aryl methyl sites for hydroxylation is 1. The molecule has 1 aliphatic heterocycles. The molecule has 3 heterocycles. The Morgan fingerprint density at radius 2 is 2.21 bits per heavy atom. The van der Waals surface area contributed by atoms with Gasteiger partial charge in [0.25, 0.3) is 6.47 Å². The predicted molar refractivity (Wildman–Crippen MR) is 112 cm³/mol. The molecule has 1 aromatic carbocycles. The van der Waals surface area contributed by atoms with Gasteiger partial charge in [-0.3, -0.25) is 14.7 Å². The quantitative estimate of drug-likeness (QED) is 0.502. The second-order valence-corrected chi connectivity index (χ2v) is 8.80. The molecule has 2 fully saturated rings. The number of aromatic amines is 1. The van der Waals surface area contributed by atoms with Crippen LogP contribution in [0.1, 0.15) is 35.4 Å². The van der Waals surface area contributed by atoms with Crippen molar-refractivity contribution in [2.75, 3.05) is 13.6 Å². The number of carbonyl (C=O) groups is 2. The van der Waals surface area contributed by atoms with Crippen LogP contribution >= 0.6 is 11.3 Å². The Balaban J connectivity index is 0.000000645. The molecule has 5 rings (SSSR count). The number of thiazole rings is 1. The number of piperidine rings is 1. The van der Waals surface area contributed by atoms with E-state index in [1.807, 2.05) is 30.5 Å². The van der Waals surface area contributed by atoms with Gasteiger partial charge in [0.2, 0.25) is 0 Å². The fourth-order valence-corrected chi connectivity index (χ4v) is 5.51. The molecule has 2 bridgehead atoms. The van der Waals surface area contributed by atoms with Crippen LogP contribution < -0.4 is 0 Å². The van der Waals surface area contributed by atoms with Crippen LogP contribution in [-0.4, -0.2) is 57.1 Å². The predicted octanol–water partition coefficient (Wildman–Crippen LogP) is 3.61. The van der Waals surface area contributed by atoms with Gasteiger partial charge >= 0.3 is 0 Å². The average Bonchev–Trinajstić information content (AvgIpc) is 3.45. The Morgan fingerprint density at radius 1 is 1.41 bits per heavy atom. The minimum absolute atomic E-state index is 0.175. The van der Waals surface area contributed by atoms with Gasteiger partial charge in [0, 0.05) is 41.0 Å². The molecule has 1 saturated carbocycles. The summed E-state index contributed by atoms with van der Waals surface area (Å²) in [5.41, 5.74) is 3.60. The minimum atomic E-state index is -0.250. The van der Waals surface area contributed by atoms with Crippen LogP contribution in [0.2, 0.25) is 0 Å². The molecule has 3 aromatic rings. The number of fused-ring (bicyclic) bond motifs is 3. The monoisotopic (exact) mass is 412 g/mol. The maximum Gasteiger partial charge on any atom is 0.290 e. The summed E-state index contributed by atoms with van der Waals surface area (Å²) in [5, 5.41) is 18.3. The molecule has 1 saturated heterocycles. The number of likely N-dealkylation sites (tertiary alicyclic amines) is 1. The Kier molecular flexibility index (Phi) is 5.47. The molecule has 3 atom stereocenters.